The molecule has 45 heavy (non-hydrogen) atoms. The van der Waals surface area contributed by atoms with Gasteiger partial charge in [-0.3, -0.25) is 19.2 Å². The molecule has 3 aliphatic rings. The van der Waals surface area contributed by atoms with Gasteiger partial charge in [0.1, 0.15) is 23.2 Å². The SMILES string of the molecule is CO[C@@H]1C[C@H]2C(=O)N[C@]3(C(=O)NCC(=O)NCc4ccccc4)C[C@H]3C=CCCCCC[C@H](NC(=O)OC(C)(C)C)C(=O)N2C1. The van der Waals surface area contributed by atoms with Crippen molar-refractivity contribution in [1.29, 1.82) is 0 Å². The zero-order valence-corrected chi connectivity index (χ0v) is 26.7. The maximum absolute atomic E-state index is 13.9. The van der Waals surface area contributed by atoms with Crippen LogP contribution in [-0.2, 0) is 35.2 Å². The molecule has 2 aliphatic heterocycles. The highest BCUT2D eigenvalue weighted by Gasteiger charge is 2.61. The number of nitrogens with zero attached hydrogens (tertiary/aromatic N) is 1. The number of nitrogens with one attached hydrogen (secondary N) is 4. The van der Waals surface area contributed by atoms with Crippen LogP contribution in [0.25, 0.3) is 0 Å². The van der Waals surface area contributed by atoms with Crippen molar-refractivity contribution in [3.05, 3.63) is 48.0 Å². The van der Waals surface area contributed by atoms with Crippen molar-refractivity contribution in [2.75, 3.05) is 20.2 Å². The summed E-state index contributed by atoms with van der Waals surface area (Å²) in [5, 5.41) is 11.2. The Morgan fingerprint density at radius 1 is 1.07 bits per heavy atom. The molecule has 0 radical (unpaired) electrons. The lowest BCUT2D eigenvalue weighted by Gasteiger charge is -2.30. The Bertz CT molecular complexity index is 1260. The first kappa shape index (κ1) is 34.0. The molecule has 12 nitrogen and oxygen atoms in total. The van der Waals surface area contributed by atoms with Crippen molar-refractivity contribution in [3.63, 3.8) is 0 Å². The quantitative estimate of drug-likeness (QED) is 0.339. The third-order valence-corrected chi connectivity index (χ3v) is 8.41. The van der Waals surface area contributed by atoms with Gasteiger partial charge >= 0.3 is 6.09 Å². The lowest BCUT2D eigenvalue weighted by atomic mass is 10.0. The number of carbonyl (C=O) groups excluding carboxylic acids is 5. The van der Waals surface area contributed by atoms with Gasteiger partial charge in [0.25, 0.3) is 0 Å². The van der Waals surface area contributed by atoms with E-state index in [0.29, 0.717) is 25.8 Å². The number of hydrogen-bond donors (Lipinski definition) is 4. The van der Waals surface area contributed by atoms with Gasteiger partial charge in [-0.2, -0.15) is 0 Å². The molecule has 2 fully saturated rings. The molecule has 4 rings (SSSR count). The summed E-state index contributed by atoms with van der Waals surface area (Å²) in [5.74, 6) is -1.92. The van der Waals surface area contributed by atoms with E-state index in [2.05, 4.69) is 21.3 Å². The number of benzene rings is 1. The molecule has 1 saturated carbocycles. The van der Waals surface area contributed by atoms with Crippen LogP contribution in [0.4, 0.5) is 4.79 Å². The first-order valence-electron chi connectivity index (χ1n) is 15.8. The molecule has 4 N–H and O–H groups in total. The van der Waals surface area contributed by atoms with E-state index in [-0.39, 0.29) is 31.3 Å². The van der Waals surface area contributed by atoms with Crippen LogP contribution >= 0.6 is 0 Å². The second kappa shape index (κ2) is 14.9. The normalized spacial score (nSPS) is 27.2. The zero-order chi connectivity index (χ0) is 32.6. The largest absolute Gasteiger partial charge is 0.444 e. The molecule has 12 heteroatoms. The molecule has 1 aliphatic carbocycles. The van der Waals surface area contributed by atoms with Gasteiger partial charge in [0.15, 0.2) is 0 Å². The third kappa shape index (κ3) is 9.29. The van der Waals surface area contributed by atoms with Crippen molar-refractivity contribution in [2.45, 2.75) is 102 Å². The third-order valence-electron chi connectivity index (χ3n) is 8.41. The number of carbonyl (C=O) groups is 5. The van der Waals surface area contributed by atoms with Crippen molar-refractivity contribution in [2.24, 2.45) is 5.92 Å². The monoisotopic (exact) mass is 625 g/mol. The lowest BCUT2D eigenvalue weighted by Crippen LogP contribution is -2.58. The molecule has 5 atom stereocenters. The van der Waals surface area contributed by atoms with Crippen molar-refractivity contribution in [1.82, 2.24) is 26.2 Å². The molecule has 2 heterocycles. The Morgan fingerprint density at radius 2 is 1.82 bits per heavy atom. The number of hydrogen-bond acceptors (Lipinski definition) is 7. The van der Waals surface area contributed by atoms with Crippen LogP contribution < -0.4 is 21.3 Å². The second-order valence-corrected chi connectivity index (χ2v) is 13.1. The summed E-state index contributed by atoms with van der Waals surface area (Å²) in [7, 11) is 1.52. The first-order chi connectivity index (χ1) is 21.4. The molecule has 0 spiro atoms. The Labute approximate surface area is 265 Å². The number of alkyl carbamates (subject to hydrolysis) is 1. The number of amides is 5. The van der Waals surface area contributed by atoms with Crippen LogP contribution in [0, 0.1) is 5.92 Å². The minimum absolute atomic E-state index is 0.171. The van der Waals surface area contributed by atoms with Gasteiger partial charge in [-0.05, 0) is 52.0 Å². The van der Waals surface area contributed by atoms with Crippen LogP contribution in [0.5, 0.6) is 0 Å². The molecular weight excluding hydrogens is 578 g/mol. The lowest BCUT2D eigenvalue weighted by molar-refractivity contribution is -0.141. The van der Waals surface area contributed by atoms with E-state index in [4.69, 9.17) is 9.47 Å². The van der Waals surface area contributed by atoms with Crippen LogP contribution in [0.3, 0.4) is 0 Å². The minimum Gasteiger partial charge on any atom is -0.444 e. The number of allylic oxidation sites excluding steroid dienone is 1. The van der Waals surface area contributed by atoms with Crippen molar-refractivity contribution in [3.8, 4) is 0 Å². The first-order valence-corrected chi connectivity index (χ1v) is 15.8. The molecule has 0 aromatic heterocycles. The predicted molar refractivity (Wildman–Crippen MR) is 167 cm³/mol. The van der Waals surface area contributed by atoms with Gasteiger partial charge in [-0.25, -0.2) is 4.79 Å². The molecule has 246 valence electrons. The van der Waals surface area contributed by atoms with Crippen molar-refractivity contribution < 1.29 is 33.4 Å². The molecule has 5 amide bonds. The van der Waals surface area contributed by atoms with Crippen LogP contribution in [0.15, 0.2) is 42.5 Å². The van der Waals surface area contributed by atoms with E-state index >= 15 is 0 Å². The van der Waals surface area contributed by atoms with E-state index < -0.39 is 53.1 Å². The second-order valence-electron chi connectivity index (χ2n) is 13.1. The summed E-state index contributed by atoms with van der Waals surface area (Å²) in [4.78, 5) is 67.9. The molecule has 0 bridgehead atoms. The molecular formula is C33H47N5O7. The number of ether oxygens (including phenoxy) is 2. The number of fused-ring (bicyclic) bond motifs is 2. The molecule has 1 aromatic carbocycles. The van der Waals surface area contributed by atoms with Gasteiger partial charge in [0.2, 0.25) is 23.6 Å². The molecule has 1 saturated heterocycles. The minimum atomic E-state index is -1.23. The topological polar surface area (TPSA) is 155 Å². The van der Waals surface area contributed by atoms with E-state index in [1.807, 2.05) is 42.5 Å². The summed E-state index contributed by atoms with van der Waals surface area (Å²) in [6.07, 6.45) is 7.06. The van der Waals surface area contributed by atoms with Crippen LogP contribution in [0.2, 0.25) is 0 Å². The predicted octanol–water partition coefficient (Wildman–Crippen LogP) is 2.32. The fourth-order valence-corrected chi connectivity index (χ4v) is 5.88. The summed E-state index contributed by atoms with van der Waals surface area (Å²) in [6, 6.07) is 7.66. The van der Waals surface area contributed by atoms with E-state index in [0.717, 1.165) is 24.8 Å². The van der Waals surface area contributed by atoms with Gasteiger partial charge < -0.3 is 35.6 Å². The summed E-state index contributed by atoms with van der Waals surface area (Å²) < 4.78 is 11.0. The highest BCUT2D eigenvalue weighted by Crippen LogP contribution is 2.45. The van der Waals surface area contributed by atoms with E-state index in [9.17, 15) is 24.0 Å². The van der Waals surface area contributed by atoms with Crippen molar-refractivity contribution >= 4 is 29.7 Å². The maximum atomic E-state index is 13.9. The Balaban J connectivity index is 1.48. The standard InChI is InChI=1S/C33H47N5O7/c1-32(2,3)45-31(43)36-25-16-12-7-5-6-11-15-23-18-33(23,37-28(40)26-17-24(44-4)21-38(26)29(25)41)30(42)35-20-27(39)34-19-22-13-9-8-10-14-22/h8-11,13-15,23-26H,5-7,12,16-21H2,1-4H3,(H,34,39)(H,35,42)(H,36,43)(H,37,40)/t23-,24-,25+,26+,33-/m1/s1. The number of methoxy groups -OCH3 is 1. The van der Waals surface area contributed by atoms with Gasteiger partial charge in [0, 0.05) is 32.5 Å². The summed E-state index contributed by atoms with van der Waals surface area (Å²) in [5.41, 5.74) is -1.04. The average Bonchev–Trinajstić information content (AvgIpc) is 3.50. The fourth-order valence-electron chi connectivity index (χ4n) is 5.88. The smallest absolute Gasteiger partial charge is 0.408 e. The number of rotatable bonds is 7. The Morgan fingerprint density at radius 3 is 2.53 bits per heavy atom. The Hall–Kier alpha value is -3.93. The summed E-state index contributed by atoms with van der Waals surface area (Å²) in [6.45, 7) is 5.50. The fraction of sp³-hybridized carbons (Fsp3) is 0.606. The van der Waals surface area contributed by atoms with Gasteiger partial charge in [-0.1, -0.05) is 55.3 Å². The van der Waals surface area contributed by atoms with E-state index in [1.165, 1.54) is 12.0 Å². The van der Waals surface area contributed by atoms with Gasteiger partial charge in [0.05, 0.1) is 12.6 Å². The highest BCUT2D eigenvalue weighted by atomic mass is 16.6. The highest BCUT2D eigenvalue weighted by molar-refractivity contribution is 5.99. The van der Waals surface area contributed by atoms with Crippen LogP contribution in [-0.4, -0.2) is 84.1 Å². The van der Waals surface area contributed by atoms with Crippen LogP contribution in [0.1, 0.15) is 71.3 Å². The summed E-state index contributed by atoms with van der Waals surface area (Å²) >= 11 is 0. The zero-order valence-electron chi connectivity index (χ0n) is 26.7. The maximum Gasteiger partial charge on any atom is 0.408 e. The molecule has 0 unspecified atom stereocenters. The average molecular weight is 626 g/mol. The van der Waals surface area contributed by atoms with Gasteiger partial charge in [-0.15, -0.1) is 0 Å². The molecule has 1 aromatic rings. The Kier molecular flexibility index (Phi) is 11.2. The van der Waals surface area contributed by atoms with E-state index in [1.54, 1.807) is 20.8 Å².